The van der Waals surface area contributed by atoms with Gasteiger partial charge in [-0.3, -0.25) is 9.59 Å². The predicted molar refractivity (Wildman–Crippen MR) is 156 cm³/mol. The number of carbonyl (C=O) groups excluding carboxylic acids is 2. The Hall–Kier alpha value is -4.73. The molecule has 4 N–H and O–H groups in total. The molecule has 10 heteroatoms. The molecule has 0 radical (unpaired) electrons. The van der Waals surface area contributed by atoms with Crippen LogP contribution in [0.1, 0.15) is 43.0 Å². The van der Waals surface area contributed by atoms with Crippen molar-refractivity contribution in [2.24, 2.45) is 7.05 Å². The highest BCUT2D eigenvalue weighted by molar-refractivity contribution is 6.09. The number of benzene rings is 2. The van der Waals surface area contributed by atoms with Gasteiger partial charge in [0.2, 0.25) is 0 Å². The molecule has 2 amide bonds. The molecule has 6 rings (SSSR count). The number of amides is 2. The van der Waals surface area contributed by atoms with Crippen LogP contribution in [0.25, 0.3) is 33.4 Å². The average molecular weight is 555 g/mol. The minimum absolute atomic E-state index is 0.0538. The third-order valence-corrected chi connectivity index (χ3v) is 7.55. The van der Waals surface area contributed by atoms with E-state index >= 15 is 0 Å². The molecule has 41 heavy (non-hydrogen) atoms. The fourth-order valence-electron chi connectivity index (χ4n) is 5.10. The maximum absolute atomic E-state index is 13.3. The minimum atomic E-state index is -0.862. The van der Waals surface area contributed by atoms with Crippen molar-refractivity contribution in [2.75, 3.05) is 11.1 Å². The van der Waals surface area contributed by atoms with Gasteiger partial charge in [0.15, 0.2) is 0 Å². The summed E-state index contributed by atoms with van der Waals surface area (Å²) in [5.74, 6) is 0.266. The Morgan fingerprint density at radius 3 is 2.46 bits per heavy atom. The van der Waals surface area contributed by atoms with Gasteiger partial charge in [-0.1, -0.05) is 24.8 Å². The van der Waals surface area contributed by atoms with E-state index in [9.17, 15) is 14.0 Å². The van der Waals surface area contributed by atoms with Crippen LogP contribution in [0, 0.1) is 0 Å². The molecule has 4 aromatic rings. The van der Waals surface area contributed by atoms with Gasteiger partial charge in [0, 0.05) is 29.9 Å². The van der Waals surface area contributed by atoms with Crippen LogP contribution in [0.15, 0.2) is 60.9 Å². The highest BCUT2D eigenvalue weighted by Crippen LogP contribution is 2.43. The number of halogens is 1. The fraction of sp³-hybridized carbons (Fsp3) is 0.290. The molecule has 2 heterocycles. The number of anilines is 2. The van der Waals surface area contributed by atoms with E-state index in [0.717, 1.165) is 35.2 Å². The van der Waals surface area contributed by atoms with Crippen molar-refractivity contribution in [3.63, 3.8) is 0 Å². The van der Waals surface area contributed by atoms with Gasteiger partial charge in [-0.25, -0.2) is 14.4 Å². The quantitative estimate of drug-likeness (QED) is 0.258. The fourth-order valence-corrected chi connectivity index (χ4v) is 5.10. The molecule has 0 unspecified atom stereocenters. The maximum Gasteiger partial charge on any atom is 0.255 e. The summed E-state index contributed by atoms with van der Waals surface area (Å²) in [7, 11) is 1.91. The topological polar surface area (TPSA) is 124 Å². The number of nitrogens with one attached hydrogen (secondary N) is 2. The van der Waals surface area contributed by atoms with Gasteiger partial charge < -0.3 is 25.7 Å². The number of alkyl halides is 1. The molecule has 9 nitrogen and oxygen atoms in total. The van der Waals surface area contributed by atoms with Crippen molar-refractivity contribution in [1.29, 1.82) is 0 Å². The second-order valence-electron chi connectivity index (χ2n) is 10.8. The summed E-state index contributed by atoms with van der Waals surface area (Å²) in [6.45, 7) is 5.34. The standard InChI is InChI=1S/C31H31FN6O3/c1-16(2)30(39)36-20-7-4-17(5-8-20)27-25(26-28(33)34-15-35-29(26)38(27)3)18-6-11-23(24(12-18)41-22-9-10-22)31(40)37-21-13-19(32)14-21/h4-8,11-12,15,19,21-22H,1,9-10,13-14H2,2-3H3,(H,36,39)(H,37,40)(H2,33,34,35)/t19-,21-. The normalized spacial score (nSPS) is 18.0. The third-order valence-electron chi connectivity index (χ3n) is 7.55. The van der Waals surface area contributed by atoms with Gasteiger partial charge in [0.1, 0.15) is 29.7 Å². The van der Waals surface area contributed by atoms with E-state index in [2.05, 4.69) is 27.2 Å². The lowest BCUT2D eigenvalue weighted by Crippen LogP contribution is -2.45. The first-order valence-corrected chi connectivity index (χ1v) is 13.6. The maximum atomic E-state index is 13.3. The number of hydrogen-bond acceptors (Lipinski definition) is 6. The first-order chi connectivity index (χ1) is 19.7. The molecule has 0 aliphatic heterocycles. The van der Waals surface area contributed by atoms with E-state index in [4.69, 9.17) is 10.5 Å². The van der Waals surface area contributed by atoms with E-state index in [1.165, 1.54) is 6.33 Å². The van der Waals surface area contributed by atoms with Gasteiger partial charge in [-0.2, -0.15) is 0 Å². The summed E-state index contributed by atoms with van der Waals surface area (Å²) in [5.41, 5.74) is 11.8. The smallest absolute Gasteiger partial charge is 0.255 e. The minimum Gasteiger partial charge on any atom is -0.490 e. The van der Waals surface area contributed by atoms with Gasteiger partial charge in [0.25, 0.3) is 11.8 Å². The Morgan fingerprint density at radius 1 is 1.10 bits per heavy atom. The van der Waals surface area contributed by atoms with Crippen LogP contribution in [0.3, 0.4) is 0 Å². The third kappa shape index (κ3) is 5.13. The lowest BCUT2D eigenvalue weighted by atomic mass is 9.90. The lowest BCUT2D eigenvalue weighted by Gasteiger charge is -2.30. The van der Waals surface area contributed by atoms with Gasteiger partial charge >= 0.3 is 0 Å². The van der Waals surface area contributed by atoms with Crippen molar-refractivity contribution in [1.82, 2.24) is 19.9 Å². The Kier molecular flexibility index (Phi) is 6.69. The number of aromatic nitrogens is 3. The van der Waals surface area contributed by atoms with Crippen molar-refractivity contribution < 1.29 is 18.7 Å². The number of nitrogens with two attached hydrogens (primary N) is 1. The molecule has 2 aliphatic rings. The molecular formula is C31H31FN6O3. The highest BCUT2D eigenvalue weighted by atomic mass is 19.1. The number of rotatable bonds is 8. The van der Waals surface area contributed by atoms with Crippen molar-refractivity contribution in [3.05, 3.63) is 66.5 Å². The highest BCUT2D eigenvalue weighted by Gasteiger charge is 2.32. The van der Waals surface area contributed by atoms with Crippen molar-refractivity contribution in [3.8, 4) is 28.1 Å². The molecular weight excluding hydrogens is 523 g/mol. The van der Waals surface area contributed by atoms with Gasteiger partial charge in [-0.15, -0.1) is 0 Å². The Bertz CT molecular complexity index is 1690. The van der Waals surface area contributed by atoms with Crippen LogP contribution in [0.4, 0.5) is 15.9 Å². The number of fused-ring (bicyclic) bond motifs is 1. The van der Waals surface area contributed by atoms with E-state index in [0.29, 0.717) is 52.3 Å². The van der Waals surface area contributed by atoms with E-state index < -0.39 is 6.17 Å². The van der Waals surface area contributed by atoms with Gasteiger partial charge in [0.05, 0.1) is 22.7 Å². The number of hydrogen-bond donors (Lipinski definition) is 3. The van der Waals surface area contributed by atoms with Crippen LogP contribution < -0.4 is 21.1 Å². The SMILES string of the molecule is C=C(C)C(=O)Nc1ccc(-c2c(-c3ccc(C(=O)N[C@H]4C[C@H](F)C4)c(OC4CC4)c3)c3c(N)ncnc3n2C)cc1. The summed E-state index contributed by atoms with van der Waals surface area (Å²) in [6, 6.07) is 12.8. The van der Waals surface area contributed by atoms with Crippen LogP contribution in [0.2, 0.25) is 0 Å². The molecule has 2 aliphatic carbocycles. The van der Waals surface area contributed by atoms with Crippen molar-refractivity contribution in [2.45, 2.75) is 50.9 Å². The van der Waals surface area contributed by atoms with Crippen LogP contribution in [-0.2, 0) is 11.8 Å². The molecule has 210 valence electrons. The second-order valence-corrected chi connectivity index (χ2v) is 10.8. The number of nitrogen functional groups attached to an aromatic ring is 1. The van der Waals surface area contributed by atoms with E-state index in [1.807, 2.05) is 48.0 Å². The average Bonchev–Trinajstić information content (AvgIpc) is 3.69. The molecule has 2 aromatic heterocycles. The molecule has 0 atom stereocenters. The molecule has 0 spiro atoms. The van der Waals surface area contributed by atoms with Crippen molar-refractivity contribution >= 4 is 34.4 Å². The number of nitrogens with zero attached hydrogens (tertiary/aromatic N) is 3. The zero-order valence-electron chi connectivity index (χ0n) is 22.9. The molecule has 2 fully saturated rings. The first-order valence-electron chi connectivity index (χ1n) is 13.6. The lowest BCUT2D eigenvalue weighted by molar-refractivity contribution is -0.112. The second kappa shape index (κ2) is 10.3. The van der Waals surface area contributed by atoms with Crippen LogP contribution in [0.5, 0.6) is 5.75 Å². The molecule has 0 saturated heterocycles. The monoisotopic (exact) mass is 554 g/mol. The molecule has 2 saturated carbocycles. The summed E-state index contributed by atoms with van der Waals surface area (Å²) in [5, 5.41) is 6.43. The summed E-state index contributed by atoms with van der Waals surface area (Å²) in [6.07, 6.45) is 3.13. The summed E-state index contributed by atoms with van der Waals surface area (Å²) >= 11 is 0. The molecule has 2 aromatic carbocycles. The Morgan fingerprint density at radius 2 is 1.80 bits per heavy atom. The van der Waals surface area contributed by atoms with Crippen LogP contribution in [-0.4, -0.2) is 44.7 Å². The Labute approximate surface area is 236 Å². The first kappa shape index (κ1) is 26.5. The van der Waals surface area contributed by atoms with E-state index in [-0.39, 0.29) is 24.0 Å². The van der Waals surface area contributed by atoms with E-state index in [1.54, 1.807) is 13.0 Å². The zero-order chi connectivity index (χ0) is 28.8. The number of carbonyl (C=O) groups is 2. The predicted octanol–water partition coefficient (Wildman–Crippen LogP) is 5.17. The Balaban J connectivity index is 1.45. The number of ether oxygens (including phenoxy) is 1. The number of aryl methyl sites for hydroxylation is 1. The van der Waals surface area contributed by atoms with Gasteiger partial charge in [-0.05, 0) is 68.0 Å². The zero-order valence-corrected chi connectivity index (χ0v) is 22.9. The van der Waals surface area contributed by atoms with Crippen LogP contribution >= 0.6 is 0 Å². The molecule has 0 bridgehead atoms. The summed E-state index contributed by atoms with van der Waals surface area (Å²) in [4.78, 5) is 34.0. The largest absolute Gasteiger partial charge is 0.490 e. The summed E-state index contributed by atoms with van der Waals surface area (Å²) < 4.78 is 21.5.